The zero-order valence-corrected chi connectivity index (χ0v) is 12.2. The first-order chi connectivity index (χ1) is 9.06. The van der Waals surface area contributed by atoms with Gasteiger partial charge in [0.2, 0.25) is 5.91 Å². The second-order valence-corrected chi connectivity index (χ2v) is 5.71. The van der Waals surface area contributed by atoms with E-state index in [1.807, 2.05) is 0 Å². The van der Waals surface area contributed by atoms with Crippen LogP contribution < -0.4 is 5.73 Å². The first-order valence-corrected chi connectivity index (χ1v) is 7.17. The minimum Gasteiger partial charge on any atom is -0.389 e. The van der Waals surface area contributed by atoms with Crippen molar-refractivity contribution >= 4 is 5.91 Å². The highest BCUT2D eigenvalue weighted by Gasteiger charge is 2.24. The Balaban J connectivity index is 2.26. The normalized spacial score (nSPS) is 25.1. The van der Waals surface area contributed by atoms with Gasteiger partial charge in [-0.2, -0.15) is 0 Å². The van der Waals surface area contributed by atoms with Crippen LogP contribution in [0.4, 0.5) is 0 Å². The van der Waals surface area contributed by atoms with Gasteiger partial charge in [-0.15, -0.1) is 0 Å². The summed E-state index contributed by atoms with van der Waals surface area (Å²) in [5.74, 6) is 1.25. The van der Waals surface area contributed by atoms with Gasteiger partial charge in [0.1, 0.15) is 0 Å². The molecular formula is C14H28N2O3. The molecule has 0 saturated heterocycles. The van der Waals surface area contributed by atoms with Crippen LogP contribution in [0, 0.1) is 11.8 Å². The summed E-state index contributed by atoms with van der Waals surface area (Å²) in [4.78, 5) is 13.7. The van der Waals surface area contributed by atoms with E-state index in [-0.39, 0.29) is 12.5 Å². The lowest BCUT2D eigenvalue weighted by molar-refractivity contribution is -0.132. The Morgan fingerprint density at radius 1 is 1.37 bits per heavy atom. The molecule has 0 aliphatic heterocycles. The van der Waals surface area contributed by atoms with E-state index in [1.54, 1.807) is 19.1 Å². The first kappa shape index (κ1) is 16.4. The minimum atomic E-state index is -0.605. The molecule has 1 amide bonds. The Bertz CT molecular complexity index is 265. The van der Waals surface area contributed by atoms with Crippen molar-refractivity contribution < 1.29 is 14.6 Å². The topological polar surface area (TPSA) is 75.8 Å². The molecule has 0 spiro atoms. The molecule has 5 nitrogen and oxygen atoms in total. The van der Waals surface area contributed by atoms with Crippen molar-refractivity contribution in [3.8, 4) is 0 Å². The van der Waals surface area contributed by atoms with E-state index < -0.39 is 6.10 Å². The fourth-order valence-corrected chi connectivity index (χ4v) is 2.74. The summed E-state index contributed by atoms with van der Waals surface area (Å²) >= 11 is 0. The average molecular weight is 272 g/mol. The molecule has 0 aromatic heterocycles. The lowest BCUT2D eigenvalue weighted by atomic mass is 9.80. The summed E-state index contributed by atoms with van der Waals surface area (Å²) < 4.78 is 4.86. The summed E-state index contributed by atoms with van der Waals surface area (Å²) in [6, 6.07) is 0. The number of aliphatic hydroxyl groups is 1. The van der Waals surface area contributed by atoms with Crippen molar-refractivity contribution in [3.63, 3.8) is 0 Å². The lowest BCUT2D eigenvalue weighted by Gasteiger charge is -2.29. The van der Waals surface area contributed by atoms with E-state index in [0.717, 1.165) is 32.2 Å². The van der Waals surface area contributed by atoms with Crippen LogP contribution in [0.5, 0.6) is 0 Å². The second kappa shape index (κ2) is 8.51. The second-order valence-electron chi connectivity index (χ2n) is 5.71. The van der Waals surface area contributed by atoms with Crippen LogP contribution in [-0.2, 0) is 9.53 Å². The lowest BCUT2D eigenvalue weighted by Crippen LogP contribution is -2.37. The highest BCUT2D eigenvalue weighted by atomic mass is 16.5. The van der Waals surface area contributed by atoms with Gasteiger partial charge in [-0.05, 0) is 44.1 Å². The zero-order chi connectivity index (χ0) is 14.3. The van der Waals surface area contributed by atoms with Crippen LogP contribution in [0.1, 0.15) is 32.1 Å². The molecule has 112 valence electrons. The molecule has 1 aliphatic rings. The van der Waals surface area contributed by atoms with E-state index >= 15 is 0 Å². The fraction of sp³-hybridized carbons (Fsp3) is 0.929. The highest BCUT2D eigenvalue weighted by Crippen LogP contribution is 2.30. The van der Waals surface area contributed by atoms with Crippen LogP contribution in [-0.4, -0.2) is 55.9 Å². The molecule has 1 rings (SSSR count). The summed E-state index contributed by atoms with van der Waals surface area (Å²) in [5.41, 5.74) is 5.67. The maximum atomic E-state index is 12.1. The smallest absolute Gasteiger partial charge is 0.222 e. The monoisotopic (exact) mass is 272 g/mol. The quantitative estimate of drug-likeness (QED) is 0.712. The molecule has 19 heavy (non-hydrogen) atoms. The number of hydrogen-bond acceptors (Lipinski definition) is 4. The first-order valence-electron chi connectivity index (χ1n) is 7.17. The zero-order valence-electron chi connectivity index (χ0n) is 12.2. The van der Waals surface area contributed by atoms with E-state index in [9.17, 15) is 9.90 Å². The number of ether oxygens (including phenoxy) is 1. The van der Waals surface area contributed by atoms with Crippen molar-refractivity contribution in [3.05, 3.63) is 0 Å². The van der Waals surface area contributed by atoms with Gasteiger partial charge in [0.05, 0.1) is 12.7 Å². The number of carbonyl (C=O) groups is 1. The van der Waals surface area contributed by atoms with Crippen molar-refractivity contribution in [1.82, 2.24) is 4.90 Å². The van der Waals surface area contributed by atoms with Crippen molar-refractivity contribution in [1.29, 1.82) is 0 Å². The molecule has 0 radical (unpaired) electrons. The molecule has 1 saturated carbocycles. The number of nitrogens with two attached hydrogens (primary N) is 1. The number of nitrogens with zero attached hydrogens (tertiary/aromatic N) is 1. The predicted molar refractivity (Wildman–Crippen MR) is 74.6 cm³/mol. The minimum absolute atomic E-state index is 0.117. The number of likely N-dealkylation sites (N-methyl/N-ethyl adjacent to an activating group) is 1. The van der Waals surface area contributed by atoms with Crippen molar-refractivity contribution in [2.24, 2.45) is 17.6 Å². The van der Waals surface area contributed by atoms with Gasteiger partial charge in [0.25, 0.3) is 0 Å². The molecule has 0 bridgehead atoms. The summed E-state index contributed by atoms with van der Waals surface area (Å²) in [7, 11) is 3.29. The number of methoxy groups -OCH3 is 1. The van der Waals surface area contributed by atoms with E-state index in [1.165, 1.54) is 0 Å². The van der Waals surface area contributed by atoms with Crippen LogP contribution in [0.15, 0.2) is 0 Å². The van der Waals surface area contributed by atoms with E-state index in [4.69, 9.17) is 10.5 Å². The number of rotatable bonds is 7. The Morgan fingerprint density at radius 2 is 1.95 bits per heavy atom. The predicted octanol–water partition coefficient (Wildman–Crippen LogP) is 0.607. The van der Waals surface area contributed by atoms with Crippen molar-refractivity contribution in [2.75, 3.05) is 33.9 Å². The third-order valence-corrected chi connectivity index (χ3v) is 4.03. The molecule has 1 fully saturated rings. The number of aliphatic hydroxyl groups excluding tert-OH is 1. The summed E-state index contributed by atoms with van der Waals surface area (Å²) in [5, 5.41) is 9.61. The Labute approximate surface area is 116 Å². The molecule has 1 aliphatic carbocycles. The fourth-order valence-electron chi connectivity index (χ4n) is 2.74. The van der Waals surface area contributed by atoms with Gasteiger partial charge in [0, 0.05) is 27.1 Å². The van der Waals surface area contributed by atoms with Crippen LogP contribution in [0.3, 0.4) is 0 Å². The summed E-state index contributed by atoms with van der Waals surface area (Å²) in [6.45, 7) is 1.37. The van der Waals surface area contributed by atoms with Crippen LogP contribution >= 0.6 is 0 Å². The summed E-state index contributed by atoms with van der Waals surface area (Å²) in [6.07, 6.45) is 4.47. The van der Waals surface area contributed by atoms with Gasteiger partial charge in [-0.3, -0.25) is 4.79 Å². The molecule has 0 aromatic carbocycles. The molecule has 0 aromatic rings. The van der Waals surface area contributed by atoms with Gasteiger partial charge in [-0.1, -0.05) is 0 Å². The number of amides is 1. The average Bonchev–Trinajstić information content (AvgIpc) is 2.39. The van der Waals surface area contributed by atoms with Crippen LogP contribution in [0.2, 0.25) is 0 Å². The van der Waals surface area contributed by atoms with E-state index in [2.05, 4.69) is 0 Å². The Kier molecular flexibility index (Phi) is 7.34. The number of hydrogen-bond donors (Lipinski definition) is 2. The standard InChI is InChI=1S/C14H28N2O3/c1-16(9-13(17)10-19-2)14(18)7-11-3-5-12(8-15)6-4-11/h11-13,17H,3-10,15H2,1-2H3. The van der Waals surface area contributed by atoms with Gasteiger partial charge >= 0.3 is 0 Å². The highest BCUT2D eigenvalue weighted by molar-refractivity contribution is 5.76. The van der Waals surface area contributed by atoms with Gasteiger partial charge in [0.15, 0.2) is 0 Å². The van der Waals surface area contributed by atoms with Gasteiger partial charge < -0.3 is 20.5 Å². The van der Waals surface area contributed by atoms with Crippen LogP contribution in [0.25, 0.3) is 0 Å². The number of carbonyl (C=O) groups excluding carboxylic acids is 1. The maximum absolute atomic E-state index is 12.1. The molecule has 5 heteroatoms. The molecular weight excluding hydrogens is 244 g/mol. The SMILES string of the molecule is COCC(O)CN(C)C(=O)CC1CCC(CN)CC1. The van der Waals surface area contributed by atoms with E-state index in [0.29, 0.717) is 24.8 Å². The molecule has 1 atom stereocenters. The largest absolute Gasteiger partial charge is 0.389 e. The maximum Gasteiger partial charge on any atom is 0.222 e. The Hall–Kier alpha value is -0.650. The molecule has 0 heterocycles. The Morgan fingerprint density at radius 3 is 2.47 bits per heavy atom. The third-order valence-electron chi connectivity index (χ3n) is 4.03. The van der Waals surface area contributed by atoms with Gasteiger partial charge in [-0.25, -0.2) is 0 Å². The van der Waals surface area contributed by atoms with Crippen molar-refractivity contribution in [2.45, 2.75) is 38.2 Å². The molecule has 1 unspecified atom stereocenters. The molecule has 3 N–H and O–H groups in total. The third kappa shape index (κ3) is 5.89.